The van der Waals surface area contributed by atoms with Crippen LogP contribution in [0.5, 0.6) is 0 Å². The van der Waals surface area contributed by atoms with Crippen molar-refractivity contribution in [2.75, 3.05) is 13.2 Å². The molecule has 6 N–H and O–H groups in total. The number of rotatable bonds is 7. The fraction of sp³-hybridized carbons (Fsp3) is 0.857. The molecule has 32 heavy (non-hydrogen) atoms. The van der Waals surface area contributed by atoms with E-state index in [1.165, 1.54) is 13.2 Å². The molecule has 1 saturated heterocycles. The van der Waals surface area contributed by atoms with Gasteiger partial charge in [-0.15, -0.1) is 0 Å². The summed E-state index contributed by atoms with van der Waals surface area (Å²) in [5.41, 5.74) is -1.07. The van der Waals surface area contributed by atoms with Crippen LogP contribution in [0, 0.1) is 17.8 Å². The van der Waals surface area contributed by atoms with Gasteiger partial charge in [0.1, 0.15) is 31.0 Å². The summed E-state index contributed by atoms with van der Waals surface area (Å²) in [6.07, 6.45) is -8.00. The molecule has 0 aromatic carbocycles. The number of fused-ring (bicyclic) bond motifs is 1. The molecular weight excluding hydrogens is 428 g/mol. The number of ether oxygens (including phenoxy) is 4. The van der Waals surface area contributed by atoms with Crippen molar-refractivity contribution in [3.05, 3.63) is 11.8 Å². The number of hydrogen-bond acceptors (Lipinski definition) is 11. The van der Waals surface area contributed by atoms with Crippen LogP contribution in [0.25, 0.3) is 0 Å². The number of aliphatic hydroxyl groups is 6. The lowest BCUT2D eigenvalue weighted by Crippen LogP contribution is -2.61. The molecule has 3 aliphatic rings. The second-order valence-electron chi connectivity index (χ2n) is 9.40. The Morgan fingerprint density at radius 2 is 1.88 bits per heavy atom. The molecule has 10 atom stereocenters. The van der Waals surface area contributed by atoms with Crippen molar-refractivity contribution in [1.82, 2.24) is 0 Å². The smallest absolute Gasteiger partial charge is 0.306 e. The summed E-state index contributed by atoms with van der Waals surface area (Å²) in [5, 5.41) is 61.0. The molecule has 2 fully saturated rings. The van der Waals surface area contributed by atoms with Gasteiger partial charge in [0.2, 0.25) is 6.29 Å². The van der Waals surface area contributed by atoms with Gasteiger partial charge in [-0.3, -0.25) is 4.79 Å². The topological polar surface area (TPSA) is 175 Å². The number of esters is 1. The van der Waals surface area contributed by atoms with Gasteiger partial charge < -0.3 is 49.6 Å². The van der Waals surface area contributed by atoms with E-state index in [1.807, 2.05) is 13.8 Å². The number of carbonyl (C=O) groups excluding carboxylic acids is 1. The number of carbonyl (C=O) groups is 1. The van der Waals surface area contributed by atoms with E-state index >= 15 is 0 Å². The van der Waals surface area contributed by atoms with Crippen LogP contribution in [0.15, 0.2) is 11.8 Å². The zero-order chi connectivity index (χ0) is 23.8. The second-order valence-corrected chi connectivity index (χ2v) is 9.40. The van der Waals surface area contributed by atoms with Gasteiger partial charge in [-0.2, -0.15) is 0 Å². The molecule has 1 aliphatic carbocycles. The molecule has 11 heteroatoms. The van der Waals surface area contributed by atoms with Gasteiger partial charge in [0, 0.05) is 17.9 Å². The van der Waals surface area contributed by atoms with Crippen LogP contribution in [0.4, 0.5) is 0 Å². The molecule has 0 radical (unpaired) electrons. The molecule has 184 valence electrons. The zero-order valence-electron chi connectivity index (χ0n) is 18.4. The van der Waals surface area contributed by atoms with E-state index in [0.717, 1.165) is 0 Å². The van der Waals surface area contributed by atoms with E-state index in [0.29, 0.717) is 5.57 Å². The van der Waals surface area contributed by atoms with E-state index < -0.39 is 67.1 Å². The molecule has 0 aromatic heterocycles. The summed E-state index contributed by atoms with van der Waals surface area (Å²) in [4.78, 5) is 11.9. The van der Waals surface area contributed by atoms with Crippen LogP contribution in [0.2, 0.25) is 0 Å². The SMILES string of the molecule is CC(C)CC(=O)OCC1=COC(O[C@H]2O[C@@H](CO)[C@@H](O)[C@H](O)[C@H]2O)C2C1C[C@H](O)[C@@]2(C)O. The predicted molar refractivity (Wildman–Crippen MR) is 106 cm³/mol. The fourth-order valence-corrected chi connectivity index (χ4v) is 4.55. The highest BCUT2D eigenvalue weighted by Gasteiger charge is 2.59. The highest BCUT2D eigenvalue weighted by molar-refractivity contribution is 5.69. The molecule has 3 rings (SSSR count). The Hall–Kier alpha value is -1.31. The Morgan fingerprint density at radius 1 is 1.19 bits per heavy atom. The first-order valence-corrected chi connectivity index (χ1v) is 10.8. The standard InChI is InChI=1S/C21H34O11/c1-9(2)4-14(24)29-7-10-8-30-19(15-11(10)5-13(23)21(15,3)28)32-20-18(27)17(26)16(25)12(6-22)31-20/h8-9,11-13,15-20,22-23,25-28H,4-7H2,1-3H3/t11?,12-,13-,15?,16+,17-,18+,19?,20+,21+/m0/s1. The van der Waals surface area contributed by atoms with Crippen molar-refractivity contribution in [3.63, 3.8) is 0 Å². The van der Waals surface area contributed by atoms with Crippen LogP contribution >= 0.6 is 0 Å². The number of aliphatic hydroxyl groups excluding tert-OH is 5. The molecule has 3 unspecified atom stereocenters. The molecule has 0 amide bonds. The summed E-state index contributed by atoms with van der Waals surface area (Å²) in [6, 6.07) is 0. The van der Waals surface area contributed by atoms with Crippen molar-refractivity contribution in [2.45, 2.75) is 82.3 Å². The van der Waals surface area contributed by atoms with Crippen molar-refractivity contribution in [2.24, 2.45) is 17.8 Å². The minimum atomic E-state index is -1.64. The highest BCUT2D eigenvalue weighted by Crippen LogP contribution is 2.49. The third-order valence-electron chi connectivity index (χ3n) is 6.47. The van der Waals surface area contributed by atoms with E-state index in [9.17, 15) is 35.4 Å². The summed E-state index contributed by atoms with van der Waals surface area (Å²) < 4.78 is 22.0. The summed E-state index contributed by atoms with van der Waals surface area (Å²) >= 11 is 0. The lowest BCUT2D eigenvalue weighted by Gasteiger charge is -2.44. The van der Waals surface area contributed by atoms with E-state index in [-0.39, 0.29) is 31.3 Å². The van der Waals surface area contributed by atoms with Crippen LogP contribution < -0.4 is 0 Å². The molecule has 0 aromatic rings. The third-order valence-corrected chi connectivity index (χ3v) is 6.47. The van der Waals surface area contributed by atoms with Crippen molar-refractivity contribution >= 4 is 5.97 Å². The minimum Gasteiger partial charge on any atom is -0.472 e. The van der Waals surface area contributed by atoms with Crippen molar-refractivity contribution in [1.29, 1.82) is 0 Å². The van der Waals surface area contributed by atoms with Gasteiger partial charge in [-0.25, -0.2) is 0 Å². The highest BCUT2D eigenvalue weighted by atomic mass is 16.8. The zero-order valence-corrected chi connectivity index (χ0v) is 18.4. The largest absolute Gasteiger partial charge is 0.472 e. The first-order chi connectivity index (χ1) is 15.0. The summed E-state index contributed by atoms with van der Waals surface area (Å²) in [6.45, 7) is 4.54. The quantitative estimate of drug-likeness (QED) is 0.240. The Morgan fingerprint density at radius 3 is 2.50 bits per heavy atom. The Kier molecular flexibility index (Phi) is 7.83. The lowest BCUT2D eigenvalue weighted by molar-refractivity contribution is -0.347. The van der Waals surface area contributed by atoms with E-state index in [2.05, 4.69) is 0 Å². The predicted octanol–water partition coefficient (Wildman–Crippen LogP) is -1.62. The number of hydrogen-bond donors (Lipinski definition) is 6. The maximum absolute atomic E-state index is 11.9. The van der Waals surface area contributed by atoms with Gasteiger partial charge in [-0.05, 0) is 19.3 Å². The van der Waals surface area contributed by atoms with E-state index in [1.54, 1.807) is 0 Å². The average molecular weight is 462 g/mol. The van der Waals surface area contributed by atoms with Crippen LogP contribution in [-0.2, 0) is 23.7 Å². The lowest BCUT2D eigenvalue weighted by atomic mass is 9.81. The summed E-state index contributed by atoms with van der Waals surface area (Å²) in [7, 11) is 0. The van der Waals surface area contributed by atoms with Crippen LogP contribution in [0.3, 0.4) is 0 Å². The summed E-state index contributed by atoms with van der Waals surface area (Å²) in [5.74, 6) is -1.50. The Balaban J connectivity index is 1.76. The first-order valence-electron chi connectivity index (χ1n) is 10.8. The molecule has 11 nitrogen and oxygen atoms in total. The first kappa shape index (κ1) is 25.3. The molecule has 0 bridgehead atoms. The molecule has 2 heterocycles. The molecule has 1 saturated carbocycles. The molecule has 2 aliphatic heterocycles. The minimum absolute atomic E-state index is 0.0672. The van der Waals surface area contributed by atoms with E-state index in [4.69, 9.17) is 18.9 Å². The third kappa shape index (κ3) is 4.95. The fourth-order valence-electron chi connectivity index (χ4n) is 4.55. The second kappa shape index (κ2) is 9.90. The van der Waals surface area contributed by atoms with Gasteiger partial charge in [0.05, 0.1) is 30.5 Å². The monoisotopic (exact) mass is 462 g/mol. The Bertz CT molecular complexity index is 691. The molecular formula is C21H34O11. The van der Waals surface area contributed by atoms with Crippen molar-refractivity contribution in [3.8, 4) is 0 Å². The van der Waals surface area contributed by atoms with Gasteiger partial charge in [-0.1, -0.05) is 13.8 Å². The van der Waals surface area contributed by atoms with Crippen LogP contribution in [0.1, 0.15) is 33.6 Å². The van der Waals surface area contributed by atoms with Crippen molar-refractivity contribution < 1.29 is 54.4 Å². The maximum Gasteiger partial charge on any atom is 0.306 e. The van der Waals surface area contributed by atoms with Crippen LogP contribution in [-0.4, -0.2) is 98.5 Å². The van der Waals surface area contributed by atoms with Gasteiger partial charge >= 0.3 is 5.97 Å². The Labute approximate surface area is 186 Å². The average Bonchev–Trinajstić information content (AvgIpc) is 2.96. The molecule has 0 spiro atoms. The van der Waals surface area contributed by atoms with Gasteiger partial charge in [0.15, 0.2) is 6.29 Å². The normalized spacial score (nSPS) is 44.1. The maximum atomic E-state index is 11.9. The van der Waals surface area contributed by atoms with Gasteiger partial charge in [0.25, 0.3) is 0 Å².